The molecule has 1 aromatic carbocycles. The lowest BCUT2D eigenvalue weighted by Crippen LogP contribution is -2.34. The Bertz CT molecular complexity index is 620. The topological polar surface area (TPSA) is 88.5 Å². The van der Waals surface area contributed by atoms with Gasteiger partial charge < -0.3 is 5.11 Å². The highest BCUT2D eigenvalue weighted by atomic mass is 32.2. The molecule has 0 aromatic heterocycles. The maximum absolute atomic E-state index is 12.3. The molecule has 0 spiro atoms. The van der Waals surface area contributed by atoms with Crippen molar-refractivity contribution >= 4 is 35.1 Å². The molecule has 5 nitrogen and oxygen atoms in total. The van der Waals surface area contributed by atoms with E-state index < -0.39 is 29.2 Å². The van der Waals surface area contributed by atoms with Crippen molar-refractivity contribution in [3.8, 4) is 0 Å². The summed E-state index contributed by atoms with van der Waals surface area (Å²) in [7, 11) is 0. The van der Waals surface area contributed by atoms with Gasteiger partial charge in [0.25, 0.3) is 0 Å². The van der Waals surface area contributed by atoms with Gasteiger partial charge in [-0.05, 0) is 18.2 Å². The van der Waals surface area contributed by atoms with E-state index in [2.05, 4.69) is 0 Å². The summed E-state index contributed by atoms with van der Waals surface area (Å²) < 4.78 is 0. The Kier molecular flexibility index (Phi) is 4.04. The summed E-state index contributed by atoms with van der Waals surface area (Å²) in [4.78, 5) is 47.2. The number of aromatic carboxylic acids is 1. The molecule has 0 fully saturated rings. The van der Waals surface area contributed by atoms with E-state index in [1.165, 1.54) is 23.9 Å². The third-order valence-corrected chi connectivity index (χ3v) is 4.29. The smallest absolute Gasteiger partial charge is 0.335 e. The zero-order valence-corrected chi connectivity index (χ0v) is 11.5. The van der Waals surface area contributed by atoms with Crippen molar-refractivity contribution in [1.82, 2.24) is 0 Å². The molecule has 20 heavy (non-hydrogen) atoms. The molecule has 0 aliphatic carbocycles. The Balaban J connectivity index is 2.37. The molecular formula is C14H12O5S. The molecule has 104 valence electrons. The summed E-state index contributed by atoms with van der Waals surface area (Å²) >= 11 is 1.29. The fourth-order valence-corrected chi connectivity index (χ4v) is 3.11. The van der Waals surface area contributed by atoms with Gasteiger partial charge in [-0.25, -0.2) is 4.79 Å². The number of hydrogen-bond acceptors (Lipinski definition) is 5. The first kappa shape index (κ1) is 14.5. The molecule has 0 radical (unpaired) electrons. The van der Waals surface area contributed by atoms with Crippen LogP contribution in [0.4, 0.5) is 0 Å². The molecule has 1 aliphatic heterocycles. The van der Waals surface area contributed by atoms with E-state index in [4.69, 9.17) is 5.11 Å². The summed E-state index contributed by atoms with van der Waals surface area (Å²) in [6, 6.07) is 4.24. The van der Waals surface area contributed by atoms with Crippen LogP contribution in [0.1, 0.15) is 34.1 Å². The van der Waals surface area contributed by atoms with Gasteiger partial charge in [0.05, 0.1) is 11.5 Å². The van der Waals surface area contributed by atoms with Crippen LogP contribution in [0, 0.1) is 5.92 Å². The summed E-state index contributed by atoms with van der Waals surface area (Å²) in [6.45, 7) is 1.57. The number of Topliss-reactive ketones (excluding diaryl/α,β-unsaturated/α-hetero) is 3. The van der Waals surface area contributed by atoms with Crippen molar-refractivity contribution < 1.29 is 24.3 Å². The van der Waals surface area contributed by atoms with Crippen molar-refractivity contribution in [3.05, 3.63) is 29.3 Å². The average Bonchev–Trinajstić information content (AvgIpc) is 2.45. The van der Waals surface area contributed by atoms with Crippen LogP contribution in [0.15, 0.2) is 23.1 Å². The molecule has 1 aliphatic rings. The van der Waals surface area contributed by atoms with Gasteiger partial charge in [0.15, 0.2) is 11.6 Å². The zero-order chi connectivity index (χ0) is 14.9. The number of carboxylic acids is 1. The van der Waals surface area contributed by atoms with E-state index in [-0.39, 0.29) is 23.3 Å². The number of carbonyl (C=O) groups excluding carboxylic acids is 3. The Morgan fingerprint density at radius 3 is 2.65 bits per heavy atom. The lowest BCUT2D eigenvalue weighted by molar-refractivity contribution is -0.137. The van der Waals surface area contributed by atoms with Gasteiger partial charge >= 0.3 is 5.97 Å². The highest BCUT2D eigenvalue weighted by molar-refractivity contribution is 7.99. The van der Waals surface area contributed by atoms with E-state index in [0.717, 1.165) is 0 Å². The first-order valence-corrected chi connectivity index (χ1v) is 7.05. The molecule has 0 saturated heterocycles. The predicted octanol–water partition coefficient (Wildman–Crippen LogP) is 1.84. The van der Waals surface area contributed by atoms with Crippen molar-refractivity contribution in [2.24, 2.45) is 5.92 Å². The van der Waals surface area contributed by atoms with Crippen LogP contribution < -0.4 is 0 Å². The minimum Gasteiger partial charge on any atom is -0.478 e. The van der Waals surface area contributed by atoms with E-state index in [1.807, 2.05) is 0 Å². The highest BCUT2D eigenvalue weighted by Crippen LogP contribution is 2.34. The van der Waals surface area contributed by atoms with Crippen LogP contribution in [-0.4, -0.2) is 34.2 Å². The number of benzene rings is 1. The number of hydrogen-bond donors (Lipinski definition) is 1. The summed E-state index contributed by atoms with van der Waals surface area (Å²) in [5.74, 6) is -3.62. The van der Waals surface area contributed by atoms with Crippen molar-refractivity contribution in [1.29, 1.82) is 0 Å². The molecule has 0 amide bonds. The van der Waals surface area contributed by atoms with Crippen LogP contribution in [0.2, 0.25) is 0 Å². The van der Waals surface area contributed by atoms with Crippen LogP contribution >= 0.6 is 11.8 Å². The van der Waals surface area contributed by atoms with Gasteiger partial charge in [-0.1, -0.05) is 6.92 Å². The number of rotatable bonds is 4. The molecule has 0 saturated carbocycles. The first-order valence-electron chi connectivity index (χ1n) is 6.07. The van der Waals surface area contributed by atoms with E-state index in [0.29, 0.717) is 4.90 Å². The van der Waals surface area contributed by atoms with E-state index in [9.17, 15) is 19.2 Å². The molecule has 1 aromatic rings. The lowest BCUT2D eigenvalue weighted by atomic mass is 9.91. The van der Waals surface area contributed by atoms with Crippen molar-refractivity contribution in [3.63, 3.8) is 0 Å². The summed E-state index contributed by atoms with van der Waals surface area (Å²) in [5.41, 5.74) is 0.205. The SMILES string of the molecule is CCC(=O)C(=O)C1CSc2ccc(C(=O)O)cc2C1=O. The molecule has 0 bridgehead atoms. The second kappa shape index (κ2) is 5.58. The monoisotopic (exact) mass is 292 g/mol. The summed E-state index contributed by atoms with van der Waals surface area (Å²) in [6.07, 6.45) is 0.0648. The number of ketones is 3. The Morgan fingerprint density at radius 2 is 2.05 bits per heavy atom. The van der Waals surface area contributed by atoms with Crippen LogP contribution in [0.25, 0.3) is 0 Å². The van der Waals surface area contributed by atoms with Gasteiger partial charge in [-0.3, -0.25) is 14.4 Å². The molecular weight excluding hydrogens is 280 g/mol. The van der Waals surface area contributed by atoms with Gasteiger partial charge in [0.2, 0.25) is 5.78 Å². The first-order chi connectivity index (χ1) is 9.45. The Morgan fingerprint density at radius 1 is 1.35 bits per heavy atom. The predicted molar refractivity (Wildman–Crippen MR) is 72.3 cm³/mol. The van der Waals surface area contributed by atoms with Crippen molar-refractivity contribution in [2.75, 3.05) is 5.75 Å². The maximum Gasteiger partial charge on any atom is 0.335 e. The second-order valence-electron chi connectivity index (χ2n) is 4.38. The molecule has 1 heterocycles. The maximum atomic E-state index is 12.3. The summed E-state index contributed by atoms with van der Waals surface area (Å²) in [5, 5.41) is 8.93. The molecule has 2 rings (SSSR count). The molecule has 1 atom stereocenters. The standard InChI is InChI=1S/C14H12O5S/c1-2-10(15)13(17)9-6-20-11-4-3-7(14(18)19)5-8(11)12(9)16/h3-5,9H,2,6H2,1H3,(H,18,19). The largest absolute Gasteiger partial charge is 0.478 e. The van der Waals surface area contributed by atoms with Gasteiger partial charge in [-0.15, -0.1) is 11.8 Å². The fraction of sp³-hybridized carbons (Fsp3) is 0.286. The Hall–Kier alpha value is -1.95. The fourth-order valence-electron chi connectivity index (χ4n) is 1.98. The molecule has 1 N–H and O–H groups in total. The molecule has 1 unspecified atom stereocenters. The number of carboxylic acid groups (broad SMARTS) is 1. The minimum absolute atomic E-state index is 0.00684. The lowest BCUT2D eigenvalue weighted by Gasteiger charge is -2.21. The number of carbonyl (C=O) groups is 4. The number of thioether (sulfide) groups is 1. The second-order valence-corrected chi connectivity index (χ2v) is 5.45. The normalized spacial score (nSPS) is 17.4. The van der Waals surface area contributed by atoms with Gasteiger partial charge in [0.1, 0.15) is 0 Å². The van der Waals surface area contributed by atoms with Gasteiger partial charge in [-0.2, -0.15) is 0 Å². The Labute approximate surface area is 119 Å². The van der Waals surface area contributed by atoms with Crippen LogP contribution in [0.3, 0.4) is 0 Å². The average molecular weight is 292 g/mol. The van der Waals surface area contributed by atoms with E-state index >= 15 is 0 Å². The van der Waals surface area contributed by atoms with Crippen LogP contribution in [-0.2, 0) is 9.59 Å². The third-order valence-electron chi connectivity index (χ3n) is 3.13. The zero-order valence-electron chi connectivity index (χ0n) is 10.7. The third kappa shape index (κ3) is 2.51. The molecule has 6 heteroatoms. The van der Waals surface area contributed by atoms with Crippen LogP contribution in [0.5, 0.6) is 0 Å². The highest BCUT2D eigenvalue weighted by Gasteiger charge is 2.36. The van der Waals surface area contributed by atoms with Crippen molar-refractivity contribution in [2.45, 2.75) is 18.2 Å². The van der Waals surface area contributed by atoms with Gasteiger partial charge in [0, 0.05) is 22.6 Å². The van der Waals surface area contributed by atoms with E-state index in [1.54, 1.807) is 13.0 Å². The quantitative estimate of drug-likeness (QED) is 0.673. The minimum atomic E-state index is -1.14. The number of fused-ring (bicyclic) bond motifs is 1.